The Kier molecular flexibility index (Phi) is 5.47. The Hall–Kier alpha value is -3.68. The van der Waals surface area contributed by atoms with Crippen LogP contribution in [-0.4, -0.2) is 60.1 Å². The molecule has 1 aliphatic rings. The van der Waals surface area contributed by atoms with Crippen LogP contribution in [0, 0.1) is 5.82 Å². The fraction of sp³-hybridized carbons (Fsp3) is 0.227. The Balaban J connectivity index is 1.38. The second kappa shape index (κ2) is 8.36. The van der Waals surface area contributed by atoms with E-state index in [2.05, 4.69) is 5.16 Å². The molecule has 1 fully saturated rings. The van der Waals surface area contributed by atoms with Crippen molar-refractivity contribution in [1.29, 1.82) is 0 Å². The fourth-order valence-corrected chi connectivity index (χ4v) is 3.32. The second-order valence-electron chi connectivity index (χ2n) is 6.90. The lowest BCUT2D eigenvalue weighted by Crippen LogP contribution is -2.50. The highest BCUT2D eigenvalue weighted by atomic mass is 19.1. The van der Waals surface area contributed by atoms with Crippen molar-refractivity contribution in [3.63, 3.8) is 0 Å². The van der Waals surface area contributed by atoms with E-state index in [9.17, 15) is 14.0 Å². The molecule has 0 spiro atoms. The number of methoxy groups -OCH3 is 1. The normalized spacial score (nSPS) is 13.9. The van der Waals surface area contributed by atoms with Crippen LogP contribution in [0.2, 0.25) is 0 Å². The van der Waals surface area contributed by atoms with E-state index in [1.807, 2.05) is 24.3 Å². The zero-order chi connectivity index (χ0) is 21.1. The number of rotatable bonds is 4. The van der Waals surface area contributed by atoms with Crippen molar-refractivity contribution >= 4 is 11.8 Å². The molecule has 0 bridgehead atoms. The first-order valence-electron chi connectivity index (χ1n) is 9.50. The van der Waals surface area contributed by atoms with Crippen LogP contribution in [0.1, 0.15) is 20.9 Å². The minimum absolute atomic E-state index is 0.152. The minimum atomic E-state index is -0.386. The predicted molar refractivity (Wildman–Crippen MR) is 107 cm³/mol. The van der Waals surface area contributed by atoms with Crippen LogP contribution in [0.4, 0.5) is 4.39 Å². The summed E-state index contributed by atoms with van der Waals surface area (Å²) in [6.07, 6.45) is 0. The molecule has 8 heteroatoms. The lowest BCUT2D eigenvalue weighted by atomic mass is 10.1. The molecule has 0 saturated carbocycles. The SMILES string of the molecule is COc1ccc(-c2cc(C(=O)N3CCN(C(=O)c4ccc(F)cc4)CC3)on2)cc1. The average molecular weight is 409 g/mol. The predicted octanol–water partition coefficient (Wildman–Crippen LogP) is 3.09. The maximum Gasteiger partial charge on any atom is 0.292 e. The van der Waals surface area contributed by atoms with Crippen molar-refractivity contribution in [3.05, 3.63) is 71.7 Å². The van der Waals surface area contributed by atoms with Crippen molar-refractivity contribution in [2.75, 3.05) is 33.3 Å². The summed E-state index contributed by atoms with van der Waals surface area (Å²) >= 11 is 0. The molecule has 1 saturated heterocycles. The number of nitrogens with zero attached hydrogens (tertiary/aromatic N) is 3. The number of hydrogen-bond donors (Lipinski definition) is 0. The zero-order valence-corrected chi connectivity index (χ0v) is 16.4. The molecule has 0 radical (unpaired) electrons. The first-order valence-corrected chi connectivity index (χ1v) is 9.50. The molecule has 4 rings (SSSR count). The summed E-state index contributed by atoms with van der Waals surface area (Å²) < 4.78 is 23.4. The lowest BCUT2D eigenvalue weighted by molar-refractivity contribution is 0.0512. The van der Waals surface area contributed by atoms with Crippen molar-refractivity contribution in [1.82, 2.24) is 15.0 Å². The highest BCUT2D eigenvalue weighted by molar-refractivity contribution is 5.95. The number of carbonyl (C=O) groups excluding carboxylic acids is 2. The van der Waals surface area contributed by atoms with E-state index < -0.39 is 0 Å². The molecule has 154 valence electrons. The smallest absolute Gasteiger partial charge is 0.292 e. The lowest BCUT2D eigenvalue weighted by Gasteiger charge is -2.34. The number of amides is 2. The first-order chi connectivity index (χ1) is 14.5. The minimum Gasteiger partial charge on any atom is -0.497 e. The number of hydrogen-bond acceptors (Lipinski definition) is 5. The maximum absolute atomic E-state index is 13.0. The van der Waals surface area contributed by atoms with Crippen molar-refractivity contribution in [2.45, 2.75) is 0 Å². The van der Waals surface area contributed by atoms with Crippen LogP contribution < -0.4 is 4.74 Å². The van der Waals surface area contributed by atoms with Crippen molar-refractivity contribution in [3.8, 4) is 17.0 Å². The monoisotopic (exact) mass is 409 g/mol. The van der Waals surface area contributed by atoms with Crippen LogP contribution in [0.15, 0.2) is 59.1 Å². The Morgan fingerprint density at radius 1 is 0.933 bits per heavy atom. The van der Waals surface area contributed by atoms with Gasteiger partial charge in [-0.2, -0.15) is 0 Å². The number of benzene rings is 2. The van der Waals surface area contributed by atoms with Crippen LogP contribution in [0.5, 0.6) is 5.75 Å². The first kappa shape index (κ1) is 19.6. The third-order valence-electron chi connectivity index (χ3n) is 5.05. The molecule has 2 aromatic carbocycles. The van der Waals surface area contributed by atoms with Gasteiger partial charge in [-0.05, 0) is 48.5 Å². The zero-order valence-electron chi connectivity index (χ0n) is 16.4. The summed E-state index contributed by atoms with van der Waals surface area (Å²) in [5, 5.41) is 3.99. The van der Waals surface area contributed by atoms with E-state index in [0.717, 1.165) is 11.3 Å². The number of halogens is 1. The van der Waals surface area contributed by atoms with E-state index in [1.165, 1.54) is 24.3 Å². The Morgan fingerprint density at radius 2 is 1.53 bits per heavy atom. The van der Waals surface area contributed by atoms with E-state index in [0.29, 0.717) is 37.4 Å². The largest absolute Gasteiger partial charge is 0.497 e. The van der Waals surface area contributed by atoms with Gasteiger partial charge in [-0.25, -0.2) is 4.39 Å². The van der Waals surface area contributed by atoms with Gasteiger partial charge in [0.05, 0.1) is 7.11 Å². The van der Waals surface area contributed by atoms with Gasteiger partial charge in [0.2, 0.25) is 5.76 Å². The highest BCUT2D eigenvalue weighted by Gasteiger charge is 2.27. The molecule has 0 N–H and O–H groups in total. The van der Waals surface area contributed by atoms with E-state index >= 15 is 0 Å². The summed E-state index contributed by atoms with van der Waals surface area (Å²) in [5.74, 6) is 0.0495. The summed E-state index contributed by atoms with van der Waals surface area (Å²) in [7, 11) is 1.59. The van der Waals surface area contributed by atoms with E-state index in [4.69, 9.17) is 9.26 Å². The number of aromatic nitrogens is 1. The molecule has 0 atom stereocenters. The Labute approximate surface area is 172 Å². The van der Waals surface area contributed by atoms with E-state index in [-0.39, 0.29) is 23.4 Å². The highest BCUT2D eigenvalue weighted by Crippen LogP contribution is 2.23. The summed E-state index contributed by atoms with van der Waals surface area (Å²) in [6, 6.07) is 14.4. The Morgan fingerprint density at radius 3 is 2.13 bits per heavy atom. The molecular weight excluding hydrogens is 389 g/mol. The fourth-order valence-electron chi connectivity index (χ4n) is 3.32. The number of piperazine rings is 1. The molecule has 2 heterocycles. The number of carbonyl (C=O) groups is 2. The topological polar surface area (TPSA) is 75.9 Å². The third-order valence-corrected chi connectivity index (χ3v) is 5.05. The average Bonchev–Trinajstić information content (AvgIpc) is 3.29. The van der Waals surface area contributed by atoms with Gasteiger partial charge in [0.1, 0.15) is 17.3 Å². The van der Waals surface area contributed by atoms with Gasteiger partial charge in [-0.3, -0.25) is 9.59 Å². The summed E-state index contributed by atoms with van der Waals surface area (Å²) in [5.41, 5.74) is 1.80. The van der Waals surface area contributed by atoms with Crippen LogP contribution in [0.3, 0.4) is 0 Å². The molecule has 0 aliphatic carbocycles. The second-order valence-corrected chi connectivity index (χ2v) is 6.90. The summed E-state index contributed by atoms with van der Waals surface area (Å²) in [4.78, 5) is 28.6. The van der Waals surface area contributed by atoms with Gasteiger partial charge >= 0.3 is 0 Å². The van der Waals surface area contributed by atoms with E-state index in [1.54, 1.807) is 23.0 Å². The van der Waals surface area contributed by atoms with Gasteiger partial charge in [0.15, 0.2) is 0 Å². The molecule has 1 aliphatic heterocycles. The molecule has 3 aromatic rings. The maximum atomic E-state index is 13.0. The molecule has 30 heavy (non-hydrogen) atoms. The van der Waals surface area contributed by atoms with Gasteiger partial charge in [-0.15, -0.1) is 0 Å². The molecular formula is C22H20FN3O4. The van der Waals surface area contributed by atoms with Crippen molar-refractivity contribution < 1.29 is 23.2 Å². The van der Waals surface area contributed by atoms with Crippen LogP contribution >= 0.6 is 0 Å². The molecule has 1 aromatic heterocycles. The van der Waals surface area contributed by atoms with Crippen LogP contribution in [0.25, 0.3) is 11.3 Å². The van der Waals surface area contributed by atoms with Gasteiger partial charge < -0.3 is 19.1 Å². The third kappa shape index (κ3) is 4.03. The van der Waals surface area contributed by atoms with Crippen molar-refractivity contribution in [2.24, 2.45) is 0 Å². The standard InChI is InChI=1S/C22H20FN3O4/c1-29-18-8-4-15(5-9-18)19-14-20(30-24-19)22(28)26-12-10-25(11-13-26)21(27)16-2-6-17(23)7-3-16/h2-9,14H,10-13H2,1H3. The van der Waals surface area contributed by atoms with Gasteiger partial charge in [-0.1, -0.05) is 5.16 Å². The molecule has 0 unspecified atom stereocenters. The molecule has 2 amide bonds. The quantitative estimate of drug-likeness (QED) is 0.662. The van der Waals surface area contributed by atoms with Crippen LogP contribution in [-0.2, 0) is 0 Å². The summed E-state index contributed by atoms with van der Waals surface area (Å²) in [6.45, 7) is 1.54. The Bertz CT molecular complexity index is 1040. The number of ether oxygens (including phenoxy) is 1. The molecule has 7 nitrogen and oxygen atoms in total. The van der Waals surface area contributed by atoms with Gasteiger partial charge in [0, 0.05) is 43.4 Å². The van der Waals surface area contributed by atoms with Gasteiger partial charge in [0.25, 0.3) is 11.8 Å².